The minimum atomic E-state index is 0.445. The molecular weight excluding hydrogens is 248 g/mol. The molecule has 2 aromatic rings. The molecule has 20 heavy (non-hydrogen) atoms. The second-order valence-electron chi connectivity index (χ2n) is 5.76. The summed E-state index contributed by atoms with van der Waals surface area (Å²) < 4.78 is 2.25. The molecule has 0 amide bonds. The van der Waals surface area contributed by atoms with Crippen LogP contribution in [0.15, 0.2) is 36.8 Å². The Hall–Kier alpha value is -1.97. The SMILES string of the molecule is CC1CNc2ccccc2N1Cc1cncn1C(C)C. The van der Waals surface area contributed by atoms with Gasteiger partial charge in [-0.15, -0.1) is 0 Å². The summed E-state index contributed by atoms with van der Waals surface area (Å²) in [5.74, 6) is 0. The van der Waals surface area contributed by atoms with E-state index in [1.165, 1.54) is 17.1 Å². The number of aromatic nitrogens is 2. The lowest BCUT2D eigenvalue weighted by Gasteiger charge is -2.37. The van der Waals surface area contributed by atoms with Crippen molar-refractivity contribution in [1.82, 2.24) is 9.55 Å². The molecule has 1 aromatic heterocycles. The molecule has 1 atom stereocenters. The molecule has 0 saturated carbocycles. The Kier molecular flexibility index (Phi) is 3.38. The highest BCUT2D eigenvalue weighted by molar-refractivity contribution is 5.72. The number of para-hydroxylation sites is 2. The summed E-state index contributed by atoms with van der Waals surface area (Å²) in [4.78, 5) is 6.77. The zero-order valence-electron chi connectivity index (χ0n) is 12.4. The van der Waals surface area contributed by atoms with Crippen molar-refractivity contribution >= 4 is 11.4 Å². The van der Waals surface area contributed by atoms with Crippen LogP contribution in [0.1, 0.15) is 32.5 Å². The summed E-state index contributed by atoms with van der Waals surface area (Å²) in [7, 11) is 0. The van der Waals surface area contributed by atoms with E-state index in [0.29, 0.717) is 12.1 Å². The molecule has 0 bridgehead atoms. The molecule has 3 rings (SSSR count). The molecule has 1 aliphatic heterocycles. The van der Waals surface area contributed by atoms with Crippen molar-refractivity contribution in [3.63, 3.8) is 0 Å². The number of anilines is 2. The summed E-state index contributed by atoms with van der Waals surface area (Å²) >= 11 is 0. The van der Waals surface area contributed by atoms with Crippen LogP contribution in [0.25, 0.3) is 0 Å². The van der Waals surface area contributed by atoms with E-state index in [2.05, 4.69) is 64.8 Å². The number of fused-ring (bicyclic) bond motifs is 1. The predicted octanol–water partition coefficient (Wildman–Crippen LogP) is 3.28. The van der Waals surface area contributed by atoms with Gasteiger partial charge in [0.15, 0.2) is 0 Å². The Balaban J connectivity index is 1.92. The average molecular weight is 270 g/mol. The molecule has 2 heterocycles. The van der Waals surface area contributed by atoms with Gasteiger partial charge in [0.1, 0.15) is 0 Å². The van der Waals surface area contributed by atoms with Crippen molar-refractivity contribution in [2.45, 2.75) is 39.4 Å². The van der Waals surface area contributed by atoms with Gasteiger partial charge >= 0.3 is 0 Å². The Labute approximate surface area is 120 Å². The molecule has 0 spiro atoms. The molecule has 1 aliphatic rings. The van der Waals surface area contributed by atoms with E-state index in [-0.39, 0.29) is 0 Å². The molecule has 106 valence electrons. The zero-order chi connectivity index (χ0) is 14.1. The predicted molar refractivity (Wildman–Crippen MR) is 83.2 cm³/mol. The lowest BCUT2D eigenvalue weighted by atomic mass is 10.1. The molecule has 1 aromatic carbocycles. The maximum Gasteiger partial charge on any atom is 0.0951 e. The van der Waals surface area contributed by atoms with Crippen LogP contribution in [0.2, 0.25) is 0 Å². The fourth-order valence-electron chi connectivity index (χ4n) is 2.81. The Morgan fingerprint density at radius 1 is 1.35 bits per heavy atom. The van der Waals surface area contributed by atoms with Crippen LogP contribution in [0.4, 0.5) is 11.4 Å². The van der Waals surface area contributed by atoms with Gasteiger partial charge in [-0.05, 0) is 32.9 Å². The van der Waals surface area contributed by atoms with Crippen molar-refractivity contribution in [2.75, 3.05) is 16.8 Å². The van der Waals surface area contributed by atoms with Crippen LogP contribution in [0, 0.1) is 0 Å². The molecule has 0 saturated heterocycles. The third-order valence-electron chi connectivity index (χ3n) is 3.97. The standard InChI is InChI=1S/C16H22N4/c1-12(2)20-11-17-9-14(20)10-19-13(3)8-18-15-6-4-5-7-16(15)19/h4-7,9,11-13,18H,8,10H2,1-3H3. The molecule has 4 heteroatoms. The van der Waals surface area contributed by atoms with Gasteiger partial charge in [0.25, 0.3) is 0 Å². The van der Waals surface area contributed by atoms with Gasteiger partial charge in [0.05, 0.1) is 29.9 Å². The van der Waals surface area contributed by atoms with E-state index < -0.39 is 0 Å². The smallest absolute Gasteiger partial charge is 0.0951 e. The minimum Gasteiger partial charge on any atom is -0.381 e. The topological polar surface area (TPSA) is 33.1 Å². The molecule has 4 nitrogen and oxygen atoms in total. The normalized spacial score (nSPS) is 18.0. The van der Waals surface area contributed by atoms with Crippen LogP contribution in [0.3, 0.4) is 0 Å². The second-order valence-corrected chi connectivity index (χ2v) is 5.76. The van der Waals surface area contributed by atoms with Crippen molar-refractivity contribution in [1.29, 1.82) is 0 Å². The Morgan fingerprint density at radius 3 is 2.95 bits per heavy atom. The molecule has 0 aliphatic carbocycles. The van der Waals surface area contributed by atoms with Crippen molar-refractivity contribution in [3.8, 4) is 0 Å². The first-order chi connectivity index (χ1) is 9.66. The van der Waals surface area contributed by atoms with Gasteiger partial charge in [-0.2, -0.15) is 0 Å². The first-order valence-corrected chi connectivity index (χ1v) is 7.27. The largest absolute Gasteiger partial charge is 0.381 e. The number of hydrogen-bond acceptors (Lipinski definition) is 3. The highest BCUT2D eigenvalue weighted by Crippen LogP contribution is 2.32. The van der Waals surface area contributed by atoms with Crippen molar-refractivity contribution in [2.24, 2.45) is 0 Å². The van der Waals surface area contributed by atoms with Gasteiger partial charge < -0.3 is 14.8 Å². The van der Waals surface area contributed by atoms with E-state index in [4.69, 9.17) is 0 Å². The molecule has 0 radical (unpaired) electrons. The van der Waals surface area contributed by atoms with Crippen molar-refractivity contribution in [3.05, 3.63) is 42.5 Å². The number of nitrogens with zero attached hydrogens (tertiary/aromatic N) is 3. The summed E-state index contributed by atoms with van der Waals surface area (Å²) in [6.45, 7) is 8.53. The Bertz CT molecular complexity index is 588. The lowest BCUT2D eigenvalue weighted by molar-refractivity contribution is 0.551. The van der Waals surface area contributed by atoms with Gasteiger partial charge in [-0.1, -0.05) is 12.1 Å². The quantitative estimate of drug-likeness (QED) is 0.929. The average Bonchev–Trinajstić information content (AvgIpc) is 2.90. The van der Waals surface area contributed by atoms with Gasteiger partial charge in [-0.3, -0.25) is 0 Å². The van der Waals surface area contributed by atoms with Gasteiger partial charge in [0, 0.05) is 24.8 Å². The first-order valence-electron chi connectivity index (χ1n) is 7.27. The van der Waals surface area contributed by atoms with E-state index in [1.807, 2.05) is 12.5 Å². The highest BCUT2D eigenvalue weighted by Gasteiger charge is 2.23. The highest BCUT2D eigenvalue weighted by atomic mass is 15.2. The third-order valence-corrected chi connectivity index (χ3v) is 3.97. The lowest BCUT2D eigenvalue weighted by Crippen LogP contribution is -2.42. The molecule has 1 unspecified atom stereocenters. The van der Waals surface area contributed by atoms with E-state index in [1.54, 1.807) is 0 Å². The number of nitrogens with one attached hydrogen (secondary N) is 1. The molecule has 1 N–H and O–H groups in total. The fourth-order valence-corrected chi connectivity index (χ4v) is 2.81. The van der Waals surface area contributed by atoms with Gasteiger partial charge in [-0.25, -0.2) is 4.98 Å². The summed E-state index contributed by atoms with van der Waals surface area (Å²) in [6.07, 6.45) is 3.91. The van der Waals surface area contributed by atoms with Crippen LogP contribution >= 0.6 is 0 Å². The zero-order valence-corrected chi connectivity index (χ0v) is 12.4. The van der Waals surface area contributed by atoms with Crippen molar-refractivity contribution < 1.29 is 0 Å². The monoisotopic (exact) mass is 270 g/mol. The third kappa shape index (κ3) is 2.26. The fraction of sp³-hybridized carbons (Fsp3) is 0.438. The maximum absolute atomic E-state index is 4.31. The minimum absolute atomic E-state index is 0.445. The van der Waals surface area contributed by atoms with E-state index in [0.717, 1.165) is 13.1 Å². The number of benzene rings is 1. The maximum atomic E-state index is 4.31. The van der Waals surface area contributed by atoms with Crippen LogP contribution in [0.5, 0.6) is 0 Å². The van der Waals surface area contributed by atoms with Crippen LogP contribution in [-0.4, -0.2) is 22.1 Å². The summed E-state index contributed by atoms with van der Waals surface area (Å²) in [5, 5.41) is 3.50. The molecular formula is C16H22N4. The number of imidazole rings is 1. The van der Waals surface area contributed by atoms with Crippen LogP contribution < -0.4 is 10.2 Å². The van der Waals surface area contributed by atoms with Crippen LogP contribution in [-0.2, 0) is 6.54 Å². The van der Waals surface area contributed by atoms with Gasteiger partial charge in [0.2, 0.25) is 0 Å². The number of rotatable bonds is 3. The summed E-state index contributed by atoms with van der Waals surface area (Å²) in [6, 6.07) is 9.44. The van der Waals surface area contributed by atoms with E-state index in [9.17, 15) is 0 Å². The second kappa shape index (κ2) is 5.19. The summed E-state index contributed by atoms with van der Waals surface area (Å²) in [5.41, 5.74) is 3.77. The number of hydrogen-bond donors (Lipinski definition) is 1. The first kappa shape index (κ1) is 13.0. The Morgan fingerprint density at radius 2 is 2.15 bits per heavy atom. The molecule has 0 fully saturated rings. The van der Waals surface area contributed by atoms with E-state index >= 15 is 0 Å².